The number of aromatic nitrogens is 1. The SMILES string of the molecule is COc1ccc(/C(O)=C2/C(=O)C(=O)N(c3ccccc3O)C2c2ccccn2)cc1C(C)(C)C. The van der Waals surface area contributed by atoms with Crippen molar-refractivity contribution in [2.45, 2.75) is 32.2 Å². The highest BCUT2D eigenvalue weighted by atomic mass is 16.5. The maximum absolute atomic E-state index is 13.3. The van der Waals surface area contributed by atoms with Crippen molar-refractivity contribution in [3.63, 3.8) is 0 Å². The average Bonchev–Trinajstić information content (AvgIpc) is 3.09. The first-order valence-corrected chi connectivity index (χ1v) is 10.8. The Morgan fingerprint density at radius 2 is 1.74 bits per heavy atom. The molecular formula is C27H26N2O5. The van der Waals surface area contributed by atoms with Crippen molar-refractivity contribution in [3.05, 3.63) is 89.3 Å². The summed E-state index contributed by atoms with van der Waals surface area (Å²) < 4.78 is 5.48. The molecule has 7 nitrogen and oxygen atoms in total. The van der Waals surface area contributed by atoms with Gasteiger partial charge in [0.05, 0.1) is 24.1 Å². The fourth-order valence-corrected chi connectivity index (χ4v) is 4.16. The maximum Gasteiger partial charge on any atom is 0.300 e. The van der Waals surface area contributed by atoms with Crippen molar-refractivity contribution in [2.24, 2.45) is 0 Å². The summed E-state index contributed by atoms with van der Waals surface area (Å²) in [5, 5.41) is 21.8. The molecule has 4 rings (SSSR count). The number of anilines is 1. The highest BCUT2D eigenvalue weighted by Crippen LogP contribution is 2.44. The van der Waals surface area contributed by atoms with Crippen LogP contribution in [0.4, 0.5) is 5.69 Å². The molecule has 2 N–H and O–H groups in total. The molecule has 2 aromatic carbocycles. The van der Waals surface area contributed by atoms with E-state index in [-0.39, 0.29) is 28.2 Å². The Hall–Kier alpha value is -4.13. The van der Waals surface area contributed by atoms with Crippen molar-refractivity contribution >= 4 is 23.1 Å². The van der Waals surface area contributed by atoms with E-state index >= 15 is 0 Å². The lowest BCUT2D eigenvalue weighted by atomic mass is 9.84. The number of pyridine rings is 1. The summed E-state index contributed by atoms with van der Waals surface area (Å²) >= 11 is 0. The third-order valence-corrected chi connectivity index (χ3v) is 5.83. The molecule has 1 aliphatic rings. The van der Waals surface area contributed by atoms with Gasteiger partial charge in [-0.1, -0.05) is 39.0 Å². The van der Waals surface area contributed by atoms with Crippen LogP contribution in [0.3, 0.4) is 0 Å². The normalized spacial score (nSPS) is 17.8. The van der Waals surface area contributed by atoms with E-state index in [9.17, 15) is 19.8 Å². The number of phenols is 1. The Bertz CT molecular complexity index is 1290. The molecule has 1 aliphatic heterocycles. The van der Waals surface area contributed by atoms with Crippen LogP contribution in [0.15, 0.2) is 72.4 Å². The van der Waals surface area contributed by atoms with Gasteiger partial charge in [0.15, 0.2) is 0 Å². The summed E-state index contributed by atoms with van der Waals surface area (Å²) in [6.07, 6.45) is 1.55. The van der Waals surface area contributed by atoms with E-state index < -0.39 is 17.7 Å². The first kappa shape index (κ1) is 23.0. The molecule has 0 radical (unpaired) electrons. The molecule has 1 amide bonds. The van der Waals surface area contributed by atoms with Gasteiger partial charge in [-0.25, -0.2) is 0 Å². The smallest absolute Gasteiger partial charge is 0.300 e. The summed E-state index contributed by atoms with van der Waals surface area (Å²) in [5.41, 5.74) is 1.35. The lowest BCUT2D eigenvalue weighted by molar-refractivity contribution is -0.132. The molecule has 1 saturated heterocycles. The Labute approximate surface area is 198 Å². The van der Waals surface area contributed by atoms with Crippen molar-refractivity contribution < 1.29 is 24.5 Å². The molecule has 1 atom stereocenters. The molecule has 1 unspecified atom stereocenters. The van der Waals surface area contributed by atoms with Crippen molar-refractivity contribution in [2.75, 3.05) is 12.0 Å². The number of aliphatic hydroxyl groups excluding tert-OH is 1. The van der Waals surface area contributed by atoms with Crippen molar-refractivity contribution in [1.82, 2.24) is 4.98 Å². The van der Waals surface area contributed by atoms with Gasteiger partial charge in [0.25, 0.3) is 11.7 Å². The van der Waals surface area contributed by atoms with Gasteiger partial charge >= 0.3 is 0 Å². The van der Waals surface area contributed by atoms with E-state index in [1.54, 1.807) is 67.9 Å². The predicted molar refractivity (Wildman–Crippen MR) is 129 cm³/mol. The fourth-order valence-electron chi connectivity index (χ4n) is 4.16. The lowest BCUT2D eigenvalue weighted by Crippen LogP contribution is -2.29. The van der Waals surface area contributed by atoms with E-state index in [4.69, 9.17) is 4.74 Å². The number of aliphatic hydroxyl groups is 1. The molecule has 3 aromatic rings. The molecule has 7 heteroatoms. The third-order valence-electron chi connectivity index (χ3n) is 5.83. The van der Waals surface area contributed by atoms with Crippen LogP contribution in [0.5, 0.6) is 11.5 Å². The van der Waals surface area contributed by atoms with E-state index in [1.807, 2.05) is 20.8 Å². The molecule has 0 bridgehead atoms. The van der Waals surface area contributed by atoms with E-state index in [0.29, 0.717) is 17.0 Å². The number of carbonyl (C=O) groups excluding carboxylic acids is 2. The van der Waals surface area contributed by atoms with Crippen LogP contribution in [-0.4, -0.2) is 34.0 Å². The van der Waals surface area contributed by atoms with E-state index in [1.165, 1.54) is 11.0 Å². The lowest BCUT2D eigenvalue weighted by Gasteiger charge is -2.25. The Kier molecular flexibility index (Phi) is 5.87. The Balaban J connectivity index is 1.97. The quantitative estimate of drug-likeness (QED) is 0.333. The van der Waals surface area contributed by atoms with Crippen molar-refractivity contribution in [1.29, 1.82) is 0 Å². The zero-order chi connectivity index (χ0) is 24.6. The molecule has 174 valence electrons. The number of rotatable bonds is 4. The summed E-state index contributed by atoms with van der Waals surface area (Å²) in [7, 11) is 1.57. The molecule has 34 heavy (non-hydrogen) atoms. The molecule has 2 heterocycles. The molecule has 1 fully saturated rings. The highest BCUT2D eigenvalue weighted by Gasteiger charge is 2.48. The largest absolute Gasteiger partial charge is 0.507 e. The highest BCUT2D eigenvalue weighted by molar-refractivity contribution is 6.51. The third kappa shape index (κ3) is 3.90. The van der Waals surface area contributed by atoms with Crippen LogP contribution < -0.4 is 9.64 Å². The first-order chi connectivity index (χ1) is 16.1. The number of amides is 1. The van der Waals surface area contributed by atoms with Crippen LogP contribution in [0.2, 0.25) is 0 Å². The average molecular weight is 459 g/mol. The number of benzene rings is 2. The fraction of sp³-hybridized carbons (Fsp3) is 0.222. The second kappa shape index (κ2) is 8.67. The second-order valence-electron chi connectivity index (χ2n) is 9.08. The van der Waals surface area contributed by atoms with Crippen LogP contribution in [0.1, 0.15) is 43.6 Å². The zero-order valence-corrected chi connectivity index (χ0v) is 19.4. The van der Waals surface area contributed by atoms with E-state index in [2.05, 4.69) is 4.98 Å². The number of nitrogens with zero attached hydrogens (tertiary/aromatic N) is 2. The maximum atomic E-state index is 13.3. The minimum atomic E-state index is -1.02. The molecule has 1 aromatic heterocycles. The van der Waals surface area contributed by atoms with E-state index in [0.717, 1.165) is 5.56 Å². The van der Waals surface area contributed by atoms with Gasteiger partial charge in [-0.3, -0.25) is 19.5 Å². The number of carbonyl (C=O) groups is 2. The number of ether oxygens (including phenoxy) is 1. The van der Waals surface area contributed by atoms with Gasteiger partial charge in [0, 0.05) is 17.3 Å². The molecule has 0 spiro atoms. The van der Waals surface area contributed by atoms with Crippen LogP contribution in [-0.2, 0) is 15.0 Å². The molecule has 0 aliphatic carbocycles. The minimum Gasteiger partial charge on any atom is -0.507 e. The summed E-state index contributed by atoms with van der Waals surface area (Å²) in [4.78, 5) is 32.0. The standard InChI is InChI=1S/C27H26N2O5/c1-27(2,3)17-15-16(12-13-21(17)34-4)24(31)22-23(18-9-7-8-14-28-18)29(26(33)25(22)32)19-10-5-6-11-20(19)30/h5-15,23,30-31H,1-4H3/b24-22-. The number of Topliss-reactive ketones (excluding diaryl/α,β-unsaturated/α-hetero) is 1. The van der Waals surface area contributed by atoms with Crippen LogP contribution in [0, 0.1) is 0 Å². The zero-order valence-electron chi connectivity index (χ0n) is 19.4. The Morgan fingerprint density at radius 1 is 1.03 bits per heavy atom. The number of para-hydroxylation sites is 2. The number of phenolic OH excluding ortho intramolecular Hbond substituents is 1. The van der Waals surface area contributed by atoms with Crippen LogP contribution >= 0.6 is 0 Å². The molecule has 0 saturated carbocycles. The Morgan fingerprint density at radius 3 is 2.35 bits per heavy atom. The first-order valence-electron chi connectivity index (χ1n) is 10.8. The second-order valence-corrected chi connectivity index (χ2v) is 9.08. The van der Waals surface area contributed by atoms with Crippen molar-refractivity contribution in [3.8, 4) is 11.5 Å². The van der Waals surface area contributed by atoms with Gasteiger partial charge in [-0.05, 0) is 47.9 Å². The van der Waals surface area contributed by atoms with Gasteiger partial charge < -0.3 is 14.9 Å². The number of hydrogen-bond acceptors (Lipinski definition) is 6. The summed E-state index contributed by atoms with van der Waals surface area (Å²) in [5.74, 6) is -1.54. The summed E-state index contributed by atoms with van der Waals surface area (Å²) in [6, 6.07) is 15.5. The number of methoxy groups -OCH3 is 1. The van der Waals surface area contributed by atoms with Gasteiger partial charge in [0.2, 0.25) is 0 Å². The van der Waals surface area contributed by atoms with Gasteiger partial charge in [-0.15, -0.1) is 0 Å². The predicted octanol–water partition coefficient (Wildman–Crippen LogP) is 4.72. The summed E-state index contributed by atoms with van der Waals surface area (Å²) in [6.45, 7) is 6.04. The van der Waals surface area contributed by atoms with Crippen LogP contribution in [0.25, 0.3) is 5.76 Å². The number of aromatic hydroxyl groups is 1. The monoisotopic (exact) mass is 458 g/mol. The molecular weight excluding hydrogens is 432 g/mol. The topological polar surface area (TPSA) is 100.0 Å². The number of hydrogen-bond donors (Lipinski definition) is 2. The van der Waals surface area contributed by atoms with Gasteiger partial charge in [-0.2, -0.15) is 0 Å². The minimum absolute atomic E-state index is 0.100. The number of ketones is 1. The van der Waals surface area contributed by atoms with Gasteiger partial charge in [0.1, 0.15) is 23.3 Å².